The van der Waals surface area contributed by atoms with Crippen LogP contribution in [0.1, 0.15) is 45.2 Å². The fourth-order valence-electron chi connectivity index (χ4n) is 2.38. The monoisotopic (exact) mass is 296 g/mol. The van der Waals surface area contributed by atoms with Crippen LogP contribution in [0.3, 0.4) is 0 Å². The first-order valence-corrected chi connectivity index (χ1v) is 7.15. The molecule has 0 amide bonds. The topological polar surface area (TPSA) is 24.9 Å². The molecule has 2 rings (SSSR count). The van der Waals surface area contributed by atoms with Gasteiger partial charge in [-0.2, -0.15) is 0 Å². The second-order valence-electron chi connectivity index (χ2n) is 5.85. The van der Waals surface area contributed by atoms with Crippen LogP contribution in [-0.4, -0.2) is 11.0 Å². The van der Waals surface area contributed by atoms with E-state index >= 15 is 0 Å². The normalized spacial score (nSPS) is 20.2. The Hall–Kier alpha value is -0.570. The van der Waals surface area contributed by atoms with Crippen LogP contribution >= 0.6 is 15.9 Å². The van der Waals surface area contributed by atoms with Crippen molar-refractivity contribution in [2.75, 3.05) is 5.32 Å². The summed E-state index contributed by atoms with van der Waals surface area (Å²) in [4.78, 5) is 4.55. The first kappa shape index (κ1) is 12.9. The molecule has 0 bridgehead atoms. The van der Waals surface area contributed by atoms with Crippen LogP contribution in [-0.2, 0) is 0 Å². The van der Waals surface area contributed by atoms with Gasteiger partial charge < -0.3 is 5.32 Å². The lowest BCUT2D eigenvalue weighted by Gasteiger charge is -2.34. The first-order chi connectivity index (χ1) is 7.96. The van der Waals surface area contributed by atoms with Gasteiger partial charge in [-0.05, 0) is 66.1 Å². The van der Waals surface area contributed by atoms with Gasteiger partial charge in [0.2, 0.25) is 0 Å². The van der Waals surface area contributed by atoms with Crippen LogP contribution in [0.4, 0.5) is 5.82 Å². The molecule has 2 nitrogen and oxygen atoms in total. The minimum atomic E-state index is 0.529. The van der Waals surface area contributed by atoms with E-state index in [0.717, 1.165) is 16.0 Å². The van der Waals surface area contributed by atoms with E-state index in [0.29, 0.717) is 11.5 Å². The molecule has 1 fully saturated rings. The highest BCUT2D eigenvalue weighted by atomic mass is 79.9. The maximum Gasteiger partial charge on any atom is 0.126 e. The zero-order valence-corrected chi connectivity index (χ0v) is 12.5. The maximum absolute atomic E-state index is 4.55. The average molecular weight is 297 g/mol. The summed E-state index contributed by atoms with van der Waals surface area (Å²) < 4.78 is 1.08. The van der Waals surface area contributed by atoms with E-state index in [9.17, 15) is 0 Å². The standard InChI is InChI=1S/C14H21BrN2/c1-10-12(15)4-5-13(16-10)17-11-6-8-14(2,3)9-7-11/h4-5,11H,6-9H2,1-3H3,(H,16,17). The Kier molecular flexibility index (Phi) is 3.76. The molecule has 1 saturated carbocycles. The van der Waals surface area contributed by atoms with E-state index in [1.807, 2.05) is 6.92 Å². The molecule has 1 aliphatic rings. The van der Waals surface area contributed by atoms with Crippen molar-refractivity contribution in [2.24, 2.45) is 5.41 Å². The fourth-order valence-corrected chi connectivity index (χ4v) is 2.60. The van der Waals surface area contributed by atoms with Gasteiger partial charge in [-0.3, -0.25) is 0 Å². The molecule has 17 heavy (non-hydrogen) atoms. The van der Waals surface area contributed by atoms with Crippen LogP contribution in [0.25, 0.3) is 0 Å². The van der Waals surface area contributed by atoms with Gasteiger partial charge in [0.05, 0.1) is 5.69 Å². The average Bonchev–Trinajstić information content (AvgIpc) is 2.27. The van der Waals surface area contributed by atoms with Gasteiger partial charge in [-0.1, -0.05) is 13.8 Å². The van der Waals surface area contributed by atoms with Gasteiger partial charge >= 0.3 is 0 Å². The van der Waals surface area contributed by atoms with Crippen molar-refractivity contribution >= 4 is 21.7 Å². The highest BCUT2D eigenvalue weighted by Gasteiger charge is 2.26. The Morgan fingerprint density at radius 1 is 1.29 bits per heavy atom. The number of rotatable bonds is 2. The number of pyridine rings is 1. The third kappa shape index (κ3) is 3.44. The molecule has 0 saturated heterocycles. The zero-order valence-electron chi connectivity index (χ0n) is 10.9. The summed E-state index contributed by atoms with van der Waals surface area (Å²) >= 11 is 3.48. The zero-order chi connectivity index (χ0) is 12.5. The molecule has 0 spiro atoms. The molecule has 1 N–H and O–H groups in total. The molecule has 1 aromatic rings. The fraction of sp³-hybridized carbons (Fsp3) is 0.643. The van der Waals surface area contributed by atoms with Crippen molar-refractivity contribution in [1.82, 2.24) is 4.98 Å². The second kappa shape index (κ2) is 4.97. The predicted molar refractivity (Wildman–Crippen MR) is 76.3 cm³/mol. The Bertz CT molecular complexity index is 391. The number of halogens is 1. The van der Waals surface area contributed by atoms with E-state index in [4.69, 9.17) is 0 Å². The Morgan fingerprint density at radius 3 is 2.53 bits per heavy atom. The van der Waals surface area contributed by atoms with Crippen molar-refractivity contribution in [3.8, 4) is 0 Å². The molecule has 94 valence electrons. The van der Waals surface area contributed by atoms with Crippen LogP contribution in [0.2, 0.25) is 0 Å². The molecule has 0 aromatic carbocycles. The smallest absolute Gasteiger partial charge is 0.126 e. The number of anilines is 1. The maximum atomic E-state index is 4.55. The summed E-state index contributed by atoms with van der Waals surface area (Å²) in [7, 11) is 0. The highest BCUT2D eigenvalue weighted by molar-refractivity contribution is 9.10. The molecule has 0 radical (unpaired) electrons. The summed E-state index contributed by atoms with van der Waals surface area (Å²) in [6, 6.07) is 4.71. The lowest BCUT2D eigenvalue weighted by atomic mass is 9.75. The second-order valence-corrected chi connectivity index (χ2v) is 6.70. The predicted octanol–water partition coefficient (Wildman–Crippen LogP) is 4.53. The van der Waals surface area contributed by atoms with Crippen LogP contribution in [0.5, 0.6) is 0 Å². The molecule has 1 aromatic heterocycles. The van der Waals surface area contributed by atoms with E-state index in [-0.39, 0.29) is 0 Å². The number of hydrogen-bond acceptors (Lipinski definition) is 2. The van der Waals surface area contributed by atoms with E-state index < -0.39 is 0 Å². The van der Waals surface area contributed by atoms with Crippen molar-refractivity contribution in [2.45, 2.75) is 52.5 Å². The summed E-state index contributed by atoms with van der Waals surface area (Å²) in [6.45, 7) is 6.76. The van der Waals surface area contributed by atoms with Crippen LogP contribution in [0, 0.1) is 12.3 Å². The van der Waals surface area contributed by atoms with Crippen molar-refractivity contribution in [3.05, 3.63) is 22.3 Å². The van der Waals surface area contributed by atoms with Crippen molar-refractivity contribution in [1.29, 1.82) is 0 Å². The van der Waals surface area contributed by atoms with Crippen LogP contribution < -0.4 is 5.32 Å². The van der Waals surface area contributed by atoms with Crippen molar-refractivity contribution in [3.63, 3.8) is 0 Å². The van der Waals surface area contributed by atoms with Gasteiger partial charge in [-0.15, -0.1) is 0 Å². The van der Waals surface area contributed by atoms with E-state index in [1.165, 1.54) is 25.7 Å². The number of aryl methyl sites for hydroxylation is 1. The minimum Gasteiger partial charge on any atom is -0.367 e. The van der Waals surface area contributed by atoms with Gasteiger partial charge in [0.25, 0.3) is 0 Å². The number of nitrogens with one attached hydrogen (secondary N) is 1. The third-order valence-electron chi connectivity index (χ3n) is 3.71. The Balaban J connectivity index is 1.95. The third-order valence-corrected chi connectivity index (χ3v) is 4.55. The molecule has 1 aliphatic carbocycles. The lowest BCUT2D eigenvalue weighted by molar-refractivity contribution is 0.232. The Labute approximate surface area is 112 Å². The van der Waals surface area contributed by atoms with Crippen LogP contribution in [0.15, 0.2) is 16.6 Å². The van der Waals surface area contributed by atoms with Gasteiger partial charge in [0.15, 0.2) is 0 Å². The molecular formula is C14H21BrN2. The molecule has 3 heteroatoms. The molecule has 1 heterocycles. The SMILES string of the molecule is Cc1nc(NC2CCC(C)(C)CC2)ccc1Br. The minimum absolute atomic E-state index is 0.529. The largest absolute Gasteiger partial charge is 0.367 e. The van der Waals surface area contributed by atoms with Gasteiger partial charge in [0.1, 0.15) is 5.82 Å². The molecular weight excluding hydrogens is 276 g/mol. The van der Waals surface area contributed by atoms with Gasteiger partial charge in [-0.25, -0.2) is 4.98 Å². The number of aromatic nitrogens is 1. The summed E-state index contributed by atoms with van der Waals surface area (Å²) in [5, 5.41) is 3.55. The molecule has 0 aliphatic heterocycles. The summed E-state index contributed by atoms with van der Waals surface area (Å²) in [5.74, 6) is 1.01. The molecule has 0 atom stereocenters. The number of nitrogens with zero attached hydrogens (tertiary/aromatic N) is 1. The quantitative estimate of drug-likeness (QED) is 0.867. The first-order valence-electron chi connectivity index (χ1n) is 6.36. The highest BCUT2D eigenvalue weighted by Crippen LogP contribution is 2.36. The lowest BCUT2D eigenvalue weighted by Crippen LogP contribution is -2.30. The van der Waals surface area contributed by atoms with E-state index in [2.05, 4.69) is 52.2 Å². The summed E-state index contributed by atoms with van der Waals surface area (Å²) in [5.41, 5.74) is 1.58. The van der Waals surface area contributed by atoms with Crippen molar-refractivity contribution < 1.29 is 0 Å². The number of hydrogen-bond donors (Lipinski definition) is 1. The Morgan fingerprint density at radius 2 is 1.94 bits per heavy atom. The summed E-state index contributed by atoms with van der Waals surface area (Å²) in [6.07, 6.45) is 5.12. The van der Waals surface area contributed by atoms with E-state index in [1.54, 1.807) is 0 Å². The molecule has 0 unspecified atom stereocenters. The van der Waals surface area contributed by atoms with Gasteiger partial charge in [0, 0.05) is 10.5 Å².